The molecule has 3 N–H and O–H groups in total. The fourth-order valence-corrected chi connectivity index (χ4v) is 5.01. The van der Waals surface area contributed by atoms with Gasteiger partial charge in [0.2, 0.25) is 11.8 Å². The van der Waals surface area contributed by atoms with Gasteiger partial charge in [0.05, 0.1) is 13.1 Å². The van der Waals surface area contributed by atoms with E-state index >= 15 is 0 Å². The number of carbonyl (C=O) groups is 2. The van der Waals surface area contributed by atoms with Crippen molar-refractivity contribution in [1.29, 1.82) is 0 Å². The Morgan fingerprint density at radius 3 is 2.45 bits per heavy atom. The number of aromatic hydroxyl groups is 1. The van der Waals surface area contributed by atoms with E-state index in [1.807, 2.05) is 30.3 Å². The molecule has 0 radical (unpaired) electrons. The molecule has 1 unspecified atom stereocenters. The zero-order chi connectivity index (χ0) is 30.1. The Morgan fingerprint density at radius 2 is 1.79 bits per heavy atom. The molecule has 0 aromatic heterocycles. The average molecular weight is 576 g/mol. The normalized spacial score (nSPS) is 16.9. The molecule has 3 aromatic carbocycles. The molecule has 42 heavy (non-hydrogen) atoms. The Bertz CT molecular complexity index is 1380. The molecule has 10 heteroatoms. The summed E-state index contributed by atoms with van der Waals surface area (Å²) in [4.78, 5) is 31.1. The van der Waals surface area contributed by atoms with Gasteiger partial charge >= 0.3 is 0 Å². The largest absolute Gasteiger partial charge is 0.508 e. The number of nitrogens with zero attached hydrogens (tertiary/aromatic N) is 3. The monoisotopic (exact) mass is 575 g/mol. The second-order valence-corrected chi connectivity index (χ2v) is 10.0. The molecule has 4 rings (SSSR count). The van der Waals surface area contributed by atoms with Gasteiger partial charge in [-0.25, -0.2) is 13.8 Å². The number of halogens is 2. The molecule has 0 saturated carbocycles. The van der Waals surface area contributed by atoms with Gasteiger partial charge in [-0.2, -0.15) is 0 Å². The number of rotatable bonds is 13. The van der Waals surface area contributed by atoms with Crippen molar-refractivity contribution >= 4 is 11.8 Å². The Labute approximate surface area is 244 Å². The third-order valence-electron chi connectivity index (χ3n) is 7.03. The van der Waals surface area contributed by atoms with Crippen LogP contribution < -0.4 is 10.7 Å². The number of hydrogen-bond donors (Lipinski definition) is 3. The summed E-state index contributed by atoms with van der Waals surface area (Å²) < 4.78 is 28.3. The van der Waals surface area contributed by atoms with Gasteiger partial charge in [0.1, 0.15) is 29.6 Å². The standard InChI is InChI=1S/C32H35F2N5O3/c1-3-16-38(36-4-2)22-31(41)39-29(17-23-10-14-27(40)15-11-23)32(42)37(20-25-12-13-26(33)18-28(25)34)21-30(39)35-19-24-8-6-5-7-9-24/h3-15,18,29-30,35-36,40H,1-2,16-17,19-22H2/t29-,30?/m0/s1. The summed E-state index contributed by atoms with van der Waals surface area (Å²) in [5.74, 6) is -2.07. The average Bonchev–Trinajstić information content (AvgIpc) is 2.97. The number of hydrazine groups is 1. The van der Waals surface area contributed by atoms with Crippen LogP contribution in [-0.2, 0) is 29.1 Å². The second kappa shape index (κ2) is 14.4. The summed E-state index contributed by atoms with van der Waals surface area (Å²) in [7, 11) is 0. The Kier molecular flexibility index (Phi) is 10.4. The highest BCUT2D eigenvalue weighted by Crippen LogP contribution is 2.24. The third-order valence-corrected chi connectivity index (χ3v) is 7.03. The Balaban J connectivity index is 1.70. The lowest BCUT2D eigenvalue weighted by atomic mass is 9.98. The highest BCUT2D eigenvalue weighted by molar-refractivity contribution is 5.90. The lowest BCUT2D eigenvalue weighted by Crippen LogP contribution is -2.68. The molecule has 1 aliphatic rings. The van der Waals surface area contributed by atoms with Crippen LogP contribution in [0.2, 0.25) is 0 Å². The molecule has 0 aliphatic carbocycles. The fraction of sp³-hybridized carbons (Fsp3) is 0.250. The second-order valence-electron chi connectivity index (χ2n) is 10.0. The number of carbonyl (C=O) groups excluding carboxylic acids is 2. The zero-order valence-electron chi connectivity index (χ0n) is 23.3. The van der Waals surface area contributed by atoms with Crippen molar-refractivity contribution in [1.82, 2.24) is 25.6 Å². The number of hydrogen-bond acceptors (Lipinski definition) is 6. The first-order chi connectivity index (χ1) is 20.3. The Hall–Kier alpha value is -4.54. The fourth-order valence-electron chi connectivity index (χ4n) is 5.01. The highest BCUT2D eigenvalue weighted by atomic mass is 19.1. The molecule has 2 atom stereocenters. The molecule has 2 amide bonds. The van der Waals surface area contributed by atoms with Crippen LogP contribution in [-0.4, -0.2) is 63.6 Å². The first-order valence-electron chi connectivity index (χ1n) is 13.6. The van der Waals surface area contributed by atoms with Crippen molar-refractivity contribution in [2.24, 2.45) is 0 Å². The van der Waals surface area contributed by atoms with Gasteiger partial charge in [-0.05, 0) is 29.3 Å². The minimum Gasteiger partial charge on any atom is -0.508 e. The molecule has 220 valence electrons. The molecule has 0 bridgehead atoms. The lowest BCUT2D eigenvalue weighted by molar-refractivity contribution is -0.158. The molecule has 1 heterocycles. The molecular formula is C32H35F2N5O3. The van der Waals surface area contributed by atoms with Crippen LogP contribution in [0.1, 0.15) is 16.7 Å². The number of piperazine rings is 1. The summed E-state index contributed by atoms with van der Waals surface area (Å²) in [5, 5.41) is 14.8. The summed E-state index contributed by atoms with van der Waals surface area (Å²) in [6.45, 7) is 8.09. The minimum atomic E-state index is -0.943. The van der Waals surface area contributed by atoms with Gasteiger partial charge in [-0.3, -0.25) is 14.9 Å². The molecule has 1 saturated heterocycles. The summed E-state index contributed by atoms with van der Waals surface area (Å²) >= 11 is 0. The van der Waals surface area contributed by atoms with Crippen LogP contribution in [0.4, 0.5) is 8.78 Å². The molecule has 0 spiro atoms. The third kappa shape index (κ3) is 7.80. The summed E-state index contributed by atoms with van der Waals surface area (Å²) in [6, 6.07) is 18.4. The van der Waals surface area contributed by atoms with E-state index in [1.54, 1.807) is 28.1 Å². The summed E-state index contributed by atoms with van der Waals surface area (Å²) in [5.41, 5.74) is 4.80. The SMILES string of the molecule is C=CCN(CC(=O)N1C(NCc2ccccc2)CN(Cc2ccc(F)cc2F)C(=O)[C@@H]1Cc1ccc(O)cc1)NC=C. The maximum Gasteiger partial charge on any atom is 0.246 e. The topological polar surface area (TPSA) is 88.2 Å². The van der Waals surface area contributed by atoms with Crippen molar-refractivity contribution in [2.75, 3.05) is 19.6 Å². The van der Waals surface area contributed by atoms with Crippen molar-refractivity contribution in [3.63, 3.8) is 0 Å². The van der Waals surface area contributed by atoms with Crippen molar-refractivity contribution in [3.8, 4) is 5.75 Å². The number of amides is 2. The van der Waals surface area contributed by atoms with E-state index in [9.17, 15) is 23.5 Å². The number of phenols is 1. The van der Waals surface area contributed by atoms with Gasteiger partial charge in [-0.1, -0.05) is 61.2 Å². The van der Waals surface area contributed by atoms with Crippen molar-refractivity contribution < 1.29 is 23.5 Å². The maximum absolute atomic E-state index is 14.7. The number of nitrogens with one attached hydrogen (secondary N) is 2. The van der Waals surface area contributed by atoms with Gasteiger partial charge < -0.3 is 20.3 Å². The highest BCUT2D eigenvalue weighted by Gasteiger charge is 2.43. The van der Waals surface area contributed by atoms with E-state index in [1.165, 1.54) is 29.3 Å². The number of phenolic OH excluding ortho intramolecular Hbond substituents is 1. The Morgan fingerprint density at radius 1 is 1.05 bits per heavy atom. The molecule has 1 aliphatic heterocycles. The minimum absolute atomic E-state index is 0.0759. The zero-order valence-corrected chi connectivity index (χ0v) is 23.3. The summed E-state index contributed by atoms with van der Waals surface area (Å²) in [6.07, 6.45) is 2.63. The van der Waals surface area contributed by atoms with Gasteiger partial charge in [0.25, 0.3) is 0 Å². The first-order valence-corrected chi connectivity index (χ1v) is 13.6. The quantitative estimate of drug-likeness (QED) is 0.213. The smallest absolute Gasteiger partial charge is 0.246 e. The van der Waals surface area contributed by atoms with Crippen LogP contribution in [0.3, 0.4) is 0 Å². The van der Waals surface area contributed by atoms with Crippen LogP contribution in [0.25, 0.3) is 0 Å². The van der Waals surface area contributed by atoms with Gasteiger partial charge in [-0.15, -0.1) is 6.58 Å². The van der Waals surface area contributed by atoms with E-state index in [2.05, 4.69) is 23.9 Å². The molecule has 1 fully saturated rings. The van der Waals surface area contributed by atoms with Crippen LogP contribution in [0, 0.1) is 11.6 Å². The predicted octanol–water partition coefficient (Wildman–Crippen LogP) is 3.70. The predicted molar refractivity (Wildman–Crippen MR) is 156 cm³/mol. The molecular weight excluding hydrogens is 540 g/mol. The van der Waals surface area contributed by atoms with Crippen molar-refractivity contribution in [2.45, 2.75) is 31.7 Å². The van der Waals surface area contributed by atoms with E-state index in [0.29, 0.717) is 13.1 Å². The maximum atomic E-state index is 14.7. The van der Waals surface area contributed by atoms with Crippen LogP contribution in [0.15, 0.2) is 98.2 Å². The van der Waals surface area contributed by atoms with E-state index in [-0.39, 0.29) is 49.2 Å². The molecule has 8 nitrogen and oxygen atoms in total. The first kappa shape index (κ1) is 30.4. The van der Waals surface area contributed by atoms with Crippen molar-refractivity contribution in [3.05, 3.63) is 127 Å². The van der Waals surface area contributed by atoms with E-state index in [4.69, 9.17) is 0 Å². The number of benzene rings is 3. The lowest BCUT2D eigenvalue weighted by Gasteiger charge is -2.47. The van der Waals surface area contributed by atoms with E-state index < -0.39 is 23.8 Å². The van der Waals surface area contributed by atoms with Gasteiger partial charge in [0.15, 0.2) is 0 Å². The van der Waals surface area contributed by atoms with Gasteiger partial charge in [0, 0.05) is 43.9 Å². The van der Waals surface area contributed by atoms with E-state index in [0.717, 1.165) is 23.3 Å². The van der Waals surface area contributed by atoms with Crippen LogP contribution in [0.5, 0.6) is 5.75 Å². The molecule has 3 aromatic rings. The van der Waals surface area contributed by atoms with Crippen LogP contribution >= 0.6 is 0 Å².